The predicted molar refractivity (Wildman–Crippen MR) is 653 cm³/mol. The van der Waals surface area contributed by atoms with E-state index in [0.29, 0.717) is 174 Å². The minimum Gasteiger partial charge on any atom is -0.481 e. The van der Waals surface area contributed by atoms with Crippen LogP contribution in [0.5, 0.6) is 0 Å². The summed E-state index contributed by atoms with van der Waals surface area (Å²) < 4.78 is 24.0. The van der Waals surface area contributed by atoms with Crippen molar-refractivity contribution < 1.29 is 38.1 Å². The van der Waals surface area contributed by atoms with E-state index in [9.17, 15) is 23.6 Å². The minimum atomic E-state index is -0.978. The van der Waals surface area contributed by atoms with Crippen molar-refractivity contribution in [2.75, 3.05) is 6.54 Å². The summed E-state index contributed by atoms with van der Waals surface area (Å²) in [5.41, 5.74) is 15.0. The molecule has 1 aliphatic carbocycles. The number of esters is 2. The van der Waals surface area contributed by atoms with Crippen molar-refractivity contribution in [3.63, 3.8) is 0 Å². The Morgan fingerprint density at radius 2 is 0.678 bits per heavy atom. The molecule has 1 fully saturated rings. The van der Waals surface area contributed by atoms with Gasteiger partial charge >= 0.3 is 17.9 Å². The van der Waals surface area contributed by atoms with Gasteiger partial charge in [-0.1, -0.05) is 463 Å². The molecule has 5 atom stereocenters. The molecule has 0 aromatic carbocycles. The van der Waals surface area contributed by atoms with Gasteiger partial charge in [0, 0.05) is 37.5 Å². The van der Waals surface area contributed by atoms with Gasteiger partial charge in [0.05, 0.1) is 12.6 Å². The molecular weight excluding hydrogens is 1750 g/mol. The number of carbonyl (C=O) groups is 4. The number of ketones is 1. The molecule has 0 bridgehead atoms. The normalized spacial score (nSPS) is 14.0. The van der Waals surface area contributed by atoms with Gasteiger partial charge in [0.15, 0.2) is 0 Å². The summed E-state index contributed by atoms with van der Waals surface area (Å²) in [5, 5.41) is 8.65. The number of allylic oxidation sites excluding steroid dienone is 14. The Balaban J connectivity index is -0.000000105. The van der Waals surface area contributed by atoms with E-state index in [4.69, 9.17) is 20.3 Å². The second kappa shape index (κ2) is 98.4. The first-order chi connectivity index (χ1) is 63.7. The van der Waals surface area contributed by atoms with Gasteiger partial charge in [0.25, 0.3) is 0 Å². The van der Waals surface area contributed by atoms with Crippen LogP contribution in [0.2, 0.25) is 0 Å². The van der Waals surface area contributed by atoms with Gasteiger partial charge < -0.3 is 20.3 Å². The van der Waals surface area contributed by atoms with Gasteiger partial charge in [-0.15, -0.1) is 11.8 Å². The molecule has 0 aromatic heterocycles. The molecule has 0 aliphatic heterocycles. The zero-order valence-corrected chi connectivity index (χ0v) is 108. The Bertz CT molecular complexity index is 3140. The average molecular weight is 2030 g/mol. The third-order valence-corrected chi connectivity index (χ3v) is 24.3. The quantitative estimate of drug-likeness (QED) is 0.0351. The van der Waals surface area contributed by atoms with Gasteiger partial charge in [-0.05, 0) is 306 Å². The van der Waals surface area contributed by atoms with E-state index in [0.717, 1.165) is 61.2 Å². The van der Waals surface area contributed by atoms with Crippen molar-refractivity contribution in [1.29, 1.82) is 0 Å². The topological polar surface area (TPSA) is 133 Å². The van der Waals surface area contributed by atoms with Crippen molar-refractivity contribution in [3.05, 3.63) is 81.5 Å². The first-order valence-electron chi connectivity index (χ1n) is 57.6. The van der Waals surface area contributed by atoms with Crippen LogP contribution in [0.4, 0.5) is 4.39 Å². The summed E-state index contributed by atoms with van der Waals surface area (Å²) in [6, 6.07) is 0. The summed E-state index contributed by atoms with van der Waals surface area (Å²) in [4.78, 5) is 44.9. The first kappa shape index (κ1) is 169. The van der Waals surface area contributed by atoms with Crippen molar-refractivity contribution in [3.8, 4) is 11.8 Å². The fraction of sp³-hybridized carbons (Fsp3) is 0.851. The number of carbonyl (C=O) groups excluding carboxylic acids is 3. The maximum atomic E-state index is 13.5. The first-order valence-corrected chi connectivity index (χ1v) is 57.6. The molecule has 0 aromatic rings. The lowest BCUT2D eigenvalue weighted by Crippen LogP contribution is -2.27. The van der Waals surface area contributed by atoms with Crippen LogP contribution in [0.25, 0.3) is 0 Å². The number of hydrogen-bond acceptors (Lipinski definition) is 7. The minimum absolute atomic E-state index is 0. The van der Waals surface area contributed by atoms with Crippen LogP contribution < -0.4 is 5.73 Å². The molecular formula is C134H270FNO7. The van der Waals surface area contributed by atoms with E-state index in [-0.39, 0.29) is 56.7 Å². The number of aliphatic carboxylic acids is 1. The number of carboxylic acid groups (broad SMARTS) is 1. The fourth-order valence-electron chi connectivity index (χ4n) is 14.6. The van der Waals surface area contributed by atoms with Crippen LogP contribution in [0.15, 0.2) is 81.5 Å². The van der Waals surface area contributed by atoms with Crippen molar-refractivity contribution >= 4 is 23.7 Å². The number of ether oxygens (including phenoxy) is 2. The van der Waals surface area contributed by atoms with Crippen LogP contribution in [0, 0.1) is 195 Å². The maximum absolute atomic E-state index is 13.5. The SMILES string of the molecule is C.C.C/C(=C(/C)C(C)C)C(C)C.C/C(=C\C(C)C)C(C)C.C/C(=C\C(C)C)C(C)C.C/C=C(\CC(C)C)C(C)C.CC(C)/C=C(/C(C)C)C1CC1.CC(C)/C=C/C(C)C.CC(C)C#CC(C)C.CC(C)CC(C)(F)C(C)C.CC(C)CC(CC(=O)CN)C(C)C.CC(C)CC(CC(=O)O)C(C)C.CC(C)CC(CC(=O)OC(C)(C)C)C(C)C.CC(C)CC(CC(=O)OC(C)C)C(C)C.CC/C(=C\C(C)C)C(C)C. The third kappa shape index (κ3) is 132. The predicted octanol–water partition coefficient (Wildman–Crippen LogP) is 43.6. The maximum Gasteiger partial charge on any atom is 0.306 e. The van der Waals surface area contributed by atoms with Gasteiger partial charge in [-0.3, -0.25) is 19.2 Å². The highest BCUT2D eigenvalue weighted by molar-refractivity contribution is 5.80. The molecule has 0 radical (unpaired) electrons. The standard InChI is InChI=1S/C14H28O2.C13H26O2.C11H23NO.C11H20.C10H20O2.3C10H20.C9H19F.2C9H18.C8H16.C8H14.2CH4/c1-10(2)8-12(11(3)4)9-13(15)16-14(5,6)7;1-9(2)7-12(10(3)4)8-13(14)15-11(5)6;1-8(2)5-10(9(3)4)6-11(13)7-12;1-8(2)7-11(9(3)4)10-5-6-10;1-7(2)5-9(8(3)4)6-10(11)12;1-7(2)9(5)10(6)8(3)4;2*1-6-10(9(4)5)7-8(2)3;1-7(2)6-9(5,10)8(3)4;2*1-7(2)6-9(5)8(3)4;2*1-7(2)5-6-8(3)4;;/h10-12H,8-9H2,1-7H3;9-12H,7-8H2,1-6H3;8-10H,5-7,12H2,1-4H3;7-10H,5-6H2,1-4H3;7-9H,5-6H2,1-4H3,(H,11,12);7-8H,1-6H3;7-9H,6H2,1-5H3;6,8-9H,7H2,1-5H3;7-8H,6H2,1-5H3;2*6-8H,1-5H3;5-8H,1-4H3;7-8H,1-4H3;2*1H4/b;;;11-7-;;10-9+;10-7+;10-6+;;2*9-6+;6-5+;;;. The summed E-state index contributed by atoms with van der Waals surface area (Å²) in [6.45, 7) is 139. The van der Waals surface area contributed by atoms with Gasteiger partial charge in [0.1, 0.15) is 17.1 Å². The van der Waals surface area contributed by atoms with Crippen molar-refractivity contribution in [2.45, 2.75) is 559 Å². The molecule has 5 unspecified atom stereocenters. The van der Waals surface area contributed by atoms with Crippen molar-refractivity contribution in [2.24, 2.45) is 189 Å². The van der Waals surface area contributed by atoms with Gasteiger partial charge in [-0.25, -0.2) is 4.39 Å². The average Bonchev–Trinajstić information content (AvgIpc) is 1.71. The molecule has 0 spiro atoms. The molecule has 143 heavy (non-hydrogen) atoms. The summed E-state index contributed by atoms with van der Waals surface area (Å²) in [6.07, 6.45) is 28.7. The summed E-state index contributed by atoms with van der Waals surface area (Å²) in [7, 11) is 0. The summed E-state index contributed by atoms with van der Waals surface area (Å²) >= 11 is 0. The third-order valence-electron chi connectivity index (χ3n) is 24.3. The smallest absolute Gasteiger partial charge is 0.306 e. The number of hydrogen-bond donors (Lipinski definition) is 2. The van der Waals surface area contributed by atoms with Crippen LogP contribution in [-0.4, -0.2) is 52.7 Å². The number of nitrogens with two attached hydrogens (primary N) is 1. The highest BCUT2D eigenvalue weighted by atomic mass is 19.1. The molecule has 1 rings (SSSR count). The van der Waals surface area contributed by atoms with E-state index in [1.54, 1.807) is 34.8 Å². The van der Waals surface area contributed by atoms with Crippen LogP contribution in [0.1, 0.15) is 541 Å². The number of carboxylic acids is 1. The Labute approximate surface area is 904 Å². The van der Waals surface area contributed by atoms with E-state index in [1.807, 2.05) is 48.5 Å². The Morgan fingerprint density at radius 3 is 0.839 bits per heavy atom. The monoisotopic (exact) mass is 2030 g/mol. The van der Waals surface area contributed by atoms with Crippen LogP contribution >= 0.6 is 0 Å². The van der Waals surface area contributed by atoms with Gasteiger partial charge in [-0.2, -0.15) is 0 Å². The molecule has 0 heterocycles. The largest absolute Gasteiger partial charge is 0.481 e. The number of rotatable bonds is 42. The molecule has 0 amide bonds. The second-order valence-corrected chi connectivity index (χ2v) is 51.9. The number of alkyl halides is 1. The second-order valence-electron chi connectivity index (χ2n) is 51.9. The van der Waals surface area contributed by atoms with E-state index >= 15 is 0 Å². The lowest BCUT2D eigenvalue weighted by molar-refractivity contribution is -0.156. The molecule has 3 N–H and O–H groups in total. The van der Waals surface area contributed by atoms with E-state index in [1.165, 1.54) is 36.8 Å². The van der Waals surface area contributed by atoms with Crippen LogP contribution in [0.3, 0.4) is 0 Å². The van der Waals surface area contributed by atoms with E-state index < -0.39 is 11.6 Å². The zero-order chi connectivity index (χ0) is 115. The number of Topliss-reactive ketones (excluding diaryl/α,β-unsaturated/α-hetero) is 1. The summed E-state index contributed by atoms with van der Waals surface area (Å²) in [5.74, 6) is 24.7. The lowest BCUT2D eigenvalue weighted by atomic mass is 9.84. The fourth-order valence-corrected chi connectivity index (χ4v) is 14.6. The van der Waals surface area contributed by atoms with Gasteiger partial charge in [0.2, 0.25) is 0 Å². The Hall–Kier alpha value is -4.29. The molecule has 1 aliphatic rings. The van der Waals surface area contributed by atoms with Crippen LogP contribution in [-0.2, 0) is 28.7 Å². The van der Waals surface area contributed by atoms with E-state index in [2.05, 4.69) is 442 Å². The highest BCUT2D eigenvalue weighted by Gasteiger charge is 2.30. The molecule has 0 saturated heterocycles. The number of halogens is 1. The molecule has 1 saturated carbocycles. The molecule has 8 nitrogen and oxygen atoms in total. The Morgan fingerprint density at radius 1 is 0.378 bits per heavy atom. The molecule has 9 heteroatoms. The van der Waals surface area contributed by atoms with Crippen molar-refractivity contribution in [1.82, 2.24) is 0 Å². The zero-order valence-electron chi connectivity index (χ0n) is 108. The Kier molecular flexibility index (Phi) is 116. The lowest BCUT2D eigenvalue weighted by Gasteiger charge is -2.26. The highest BCUT2D eigenvalue weighted by Crippen LogP contribution is 2.41. The molecule has 860 valence electrons.